The molecule has 2 aliphatic rings. The molecule has 1 aromatic heterocycles. The van der Waals surface area contributed by atoms with E-state index >= 15 is 0 Å². The first-order valence-electron chi connectivity index (χ1n) is 8.26. The lowest BCUT2D eigenvalue weighted by molar-refractivity contribution is -0.140. The highest BCUT2D eigenvalue weighted by molar-refractivity contribution is 4.99. The Morgan fingerprint density at radius 2 is 2.19 bits per heavy atom. The summed E-state index contributed by atoms with van der Waals surface area (Å²) in [4.78, 5) is 0. The molecule has 2 unspecified atom stereocenters. The number of nitrogens with one attached hydrogen (secondary N) is 1. The minimum absolute atomic E-state index is 0.0783. The SMILES string of the molecule is CC(CCc1ccco1)NC1CCOC2(CCOCC2)C1. The molecule has 2 atom stereocenters. The summed E-state index contributed by atoms with van der Waals surface area (Å²) in [6, 6.07) is 5.09. The van der Waals surface area contributed by atoms with Gasteiger partial charge in [0.25, 0.3) is 0 Å². The predicted octanol–water partition coefficient (Wildman–Crippen LogP) is 2.92. The van der Waals surface area contributed by atoms with Crippen LogP contribution in [0.4, 0.5) is 0 Å². The van der Waals surface area contributed by atoms with Crippen LogP contribution in [0.1, 0.15) is 44.8 Å². The van der Waals surface area contributed by atoms with E-state index in [-0.39, 0.29) is 5.60 Å². The largest absolute Gasteiger partial charge is 0.469 e. The Kier molecular flexibility index (Phi) is 4.99. The van der Waals surface area contributed by atoms with E-state index in [4.69, 9.17) is 13.9 Å². The number of hydrogen-bond donors (Lipinski definition) is 1. The highest BCUT2D eigenvalue weighted by Gasteiger charge is 2.39. The third-order valence-electron chi connectivity index (χ3n) is 4.82. The zero-order valence-electron chi connectivity index (χ0n) is 13.0. The Balaban J connectivity index is 1.45. The molecule has 0 bridgehead atoms. The Labute approximate surface area is 127 Å². The number of ether oxygens (including phenoxy) is 2. The molecule has 0 aliphatic carbocycles. The Hall–Kier alpha value is -0.840. The Morgan fingerprint density at radius 1 is 1.33 bits per heavy atom. The van der Waals surface area contributed by atoms with Crippen molar-refractivity contribution in [1.82, 2.24) is 5.32 Å². The summed E-state index contributed by atoms with van der Waals surface area (Å²) in [7, 11) is 0. The Morgan fingerprint density at radius 3 is 2.95 bits per heavy atom. The zero-order chi connectivity index (χ0) is 14.5. The summed E-state index contributed by atoms with van der Waals surface area (Å²) in [6.45, 7) is 4.85. The van der Waals surface area contributed by atoms with Crippen molar-refractivity contribution < 1.29 is 13.9 Å². The van der Waals surface area contributed by atoms with Gasteiger partial charge in [0.2, 0.25) is 0 Å². The molecule has 0 saturated carbocycles. The lowest BCUT2D eigenvalue weighted by Crippen LogP contribution is -2.51. The summed E-state index contributed by atoms with van der Waals surface area (Å²) in [5, 5.41) is 3.79. The molecular formula is C17H27NO3. The molecule has 2 aliphatic heterocycles. The molecule has 3 heterocycles. The highest BCUT2D eigenvalue weighted by Crippen LogP contribution is 2.34. The number of rotatable bonds is 5. The smallest absolute Gasteiger partial charge is 0.103 e. The minimum Gasteiger partial charge on any atom is -0.469 e. The van der Waals surface area contributed by atoms with Crippen LogP contribution >= 0.6 is 0 Å². The summed E-state index contributed by atoms with van der Waals surface area (Å²) >= 11 is 0. The second-order valence-electron chi connectivity index (χ2n) is 6.52. The van der Waals surface area contributed by atoms with Gasteiger partial charge in [0.15, 0.2) is 0 Å². The Bertz CT molecular complexity index is 406. The van der Waals surface area contributed by atoms with Gasteiger partial charge in [0.05, 0.1) is 11.9 Å². The highest BCUT2D eigenvalue weighted by atomic mass is 16.5. The van der Waals surface area contributed by atoms with Crippen LogP contribution < -0.4 is 5.32 Å². The normalized spacial score (nSPS) is 26.8. The fourth-order valence-electron chi connectivity index (χ4n) is 3.56. The number of furan rings is 1. The first-order chi connectivity index (χ1) is 10.3. The van der Waals surface area contributed by atoms with Gasteiger partial charge in [0, 0.05) is 38.3 Å². The van der Waals surface area contributed by atoms with Crippen LogP contribution in [0, 0.1) is 0 Å². The molecule has 1 aromatic rings. The molecule has 1 spiro atoms. The van der Waals surface area contributed by atoms with E-state index in [0.717, 1.165) is 64.1 Å². The maximum Gasteiger partial charge on any atom is 0.103 e. The third-order valence-corrected chi connectivity index (χ3v) is 4.82. The molecule has 4 nitrogen and oxygen atoms in total. The summed E-state index contributed by atoms with van der Waals surface area (Å²) in [5.74, 6) is 1.08. The van der Waals surface area contributed by atoms with Crippen LogP contribution in [0.5, 0.6) is 0 Å². The molecule has 2 fully saturated rings. The number of hydrogen-bond acceptors (Lipinski definition) is 4. The summed E-state index contributed by atoms with van der Waals surface area (Å²) in [6.07, 6.45) is 8.21. The second kappa shape index (κ2) is 6.95. The zero-order valence-corrected chi connectivity index (χ0v) is 13.0. The molecule has 118 valence electrons. The molecule has 1 N–H and O–H groups in total. The second-order valence-corrected chi connectivity index (χ2v) is 6.52. The van der Waals surface area contributed by atoms with Crippen molar-refractivity contribution in [2.24, 2.45) is 0 Å². The van der Waals surface area contributed by atoms with Crippen molar-refractivity contribution in [2.45, 2.75) is 63.1 Å². The van der Waals surface area contributed by atoms with E-state index < -0.39 is 0 Å². The van der Waals surface area contributed by atoms with Gasteiger partial charge < -0.3 is 19.2 Å². The standard InChI is InChI=1S/C17H27NO3/c1-14(4-5-16-3-2-9-20-16)18-15-6-10-21-17(13-15)7-11-19-12-8-17/h2-3,9,14-15,18H,4-8,10-13H2,1H3. The average Bonchev–Trinajstić information content (AvgIpc) is 2.99. The topological polar surface area (TPSA) is 43.6 Å². The first kappa shape index (κ1) is 15.1. The first-order valence-corrected chi connectivity index (χ1v) is 8.26. The van der Waals surface area contributed by atoms with Crippen molar-refractivity contribution >= 4 is 0 Å². The van der Waals surface area contributed by atoms with Gasteiger partial charge in [-0.25, -0.2) is 0 Å². The minimum atomic E-state index is 0.0783. The molecule has 2 saturated heterocycles. The van der Waals surface area contributed by atoms with Crippen molar-refractivity contribution in [1.29, 1.82) is 0 Å². The van der Waals surface area contributed by atoms with Gasteiger partial charge in [-0.2, -0.15) is 0 Å². The molecule has 0 aromatic carbocycles. The van der Waals surface area contributed by atoms with Gasteiger partial charge in [-0.1, -0.05) is 0 Å². The fraction of sp³-hybridized carbons (Fsp3) is 0.765. The average molecular weight is 293 g/mol. The van der Waals surface area contributed by atoms with E-state index in [1.807, 2.05) is 6.07 Å². The van der Waals surface area contributed by atoms with Crippen LogP contribution in [0.2, 0.25) is 0 Å². The molecular weight excluding hydrogens is 266 g/mol. The van der Waals surface area contributed by atoms with Gasteiger partial charge in [0.1, 0.15) is 5.76 Å². The molecule has 3 rings (SSSR count). The van der Waals surface area contributed by atoms with Gasteiger partial charge in [-0.05, 0) is 51.2 Å². The van der Waals surface area contributed by atoms with E-state index in [1.165, 1.54) is 0 Å². The van der Waals surface area contributed by atoms with Crippen molar-refractivity contribution in [3.63, 3.8) is 0 Å². The van der Waals surface area contributed by atoms with Gasteiger partial charge in [-0.3, -0.25) is 0 Å². The maximum atomic E-state index is 6.10. The maximum absolute atomic E-state index is 6.10. The fourth-order valence-corrected chi connectivity index (χ4v) is 3.56. The molecule has 0 amide bonds. The van der Waals surface area contributed by atoms with E-state index in [9.17, 15) is 0 Å². The lowest BCUT2D eigenvalue weighted by Gasteiger charge is -2.44. The van der Waals surface area contributed by atoms with E-state index in [0.29, 0.717) is 12.1 Å². The van der Waals surface area contributed by atoms with Crippen LogP contribution in [0.15, 0.2) is 22.8 Å². The summed E-state index contributed by atoms with van der Waals surface area (Å²) < 4.78 is 17.0. The monoisotopic (exact) mass is 293 g/mol. The quantitative estimate of drug-likeness (QED) is 0.906. The summed E-state index contributed by atoms with van der Waals surface area (Å²) in [5.41, 5.74) is 0.0783. The van der Waals surface area contributed by atoms with Gasteiger partial charge in [-0.15, -0.1) is 0 Å². The van der Waals surface area contributed by atoms with Crippen LogP contribution in [0.3, 0.4) is 0 Å². The number of aryl methyl sites for hydroxylation is 1. The predicted molar refractivity (Wildman–Crippen MR) is 81.4 cm³/mol. The van der Waals surface area contributed by atoms with Crippen molar-refractivity contribution in [2.75, 3.05) is 19.8 Å². The molecule has 4 heteroatoms. The molecule has 0 radical (unpaired) electrons. The van der Waals surface area contributed by atoms with Crippen LogP contribution in [-0.2, 0) is 15.9 Å². The van der Waals surface area contributed by atoms with Crippen LogP contribution in [0.25, 0.3) is 0 Å². The van der Waals surface area contributed by atoms with Gasteiger partial charge >= 0.3 is 0 Å². The molecule has 21 heavy (non-hydrogen) atoms. The van der Waals surface area contributed by atoms with Crippen molar-refractivity contribution in [3.8, 4) is 0 Å². The third kappa shape index (κ3) is 4.09. The van der Waals surface area contributed by atoms with E-state index in [1.54, 1.807) is 6.26 Å². The lowest BCUT2D eigenvalue weighted by atomic mass is 9.84. The van der Waals surface area contributed by atoms with Crippen molar-refractivity contribution in [3.05, 3.63) is 24.2 Å². The van der Waals surface area contributed by atoms with E-state index in [2.05, 4.69) is 18.3 Å². The van der Waals surface area contributed by atoms with Crippen LogP contribution in [-0.4, -0.2) is 37.5 Å².